The van der Waals surface area contributed by atoms with Gasteiger partial charge in [0.05, 0.1) is 6.04 Å². The SMILES string of the molecule is CC(C)(C)C[C@@H](NC(=O)O)C(=O)N1OC2CC1C(O)C2O. The Morgan fingerprint density at radius 1 is 1.33 bits per heavy atom. The van der Waals surface area contributed by atoms with E-state index in [1.54, 1.807) is 0 Å². The summed E-state index contributed by atoms with van der Waals surface area (Å²) in [4.78, 5) is 28.7. The Labute approximate surface area is 122 Å². The van der Waals surface area contributed by atoms with Crippen LogP contribution in [0, 0.1) is 5.41 Å². The first-order valence-electron chi connectivity index (χ1n) is 6.95. The van der Waals surface area contributed by atoms with Crippen molar-refractivity contribution in [2.75, 3.05) is 0 Å². The van der Waals surface area contributed by atoms with Crippen LogP contribution in [-0.2, 0) is 9.63 Å². The van der Waals surface area contributed by atoms with Gasteiger partial charge in [-0.15, -0.1) is 0 Å². The van der Waals surface area contributed by atoms with Crippen molar-refractivity contribution in [3.8, 4) is 0 Å². The summed E-state index contributed by atoms with van der Waals surface area (Å²) >= 11 is 0. The first-order chi connectivity index (χ1) is 9.60. The highest BCUT2D eigenvalue weighted by atomic mass is 16.7. The van der Waals surface area contributed by atoms with Gasteiger partial charge >= 0.3 is 6.09 Å². The average Bonchev–Trinajstić information content (AvgIpc) is 2.86. The van der Waals surface area contributed by atoms with Crippen molar-refractivity contribution >= 4 is 12.0 Å². The lowest BCUT2D eigenvalue weighted by molar-refractivity contribution is -0.241. The second kappa shape index (κ2) is 5.43. The predicted molar refractivity (Wildman–Crippen MR) is 71.2 cm³/mol. The van der Waals surface area contributed by atoms with Gasteiger partial charge in [-0.2, -0.15) is 0 Å². The van der Waals surface area contributed by atoms with E-state index in [4.69, 9.17) is 9.94 Å². The van der Waals surface area contributed by atoms with Crippen LogP contribution >= 0.6 is 0 Å². The molecule has 0 spiro atoms. The second-order valence-corrected chi connectivity index (χ2v) is 6.86. The molecule has 0 aromatic heterocycles. The van der Waals surface area contributed by atoms with E-state index in [0.717, 1.165) is 5.06 Å². The number of aliphatic hydroxyl groups is 2. The Balaban J connectivity index is 2.10. The Hall–Kier alpha value is -1.38. The van der Waals surface area contributed by atoms with E-state index in [1.165, 1.54) is 0 Å². The minimum Gasteiger partial charge on any atom is -0.465 e. The fourth-order valence-corrected chi connectivity index (χ4v) is 2.86. The third-order valence-corrected chi connectivity index (χ3v) is 3.78. The number of rotatable bonds is 3. The van der Waals surface area contributed by atoms with E-state index in [1.807, 2.05) is 20.8 Å². The maximum absolute atomic E-state index is 12.5. The van der Waals surface area contributed by atoms with Crippen LogP contribution in [0.4, 0.5) is 4.79 Å². The van der Waals surface area contributed by atoms with Gasteiger partial charge in [0.15, 0.2) is 0 Å². The van der Waals surface area contributed by atoms with Gasteiger partial charge in [0.1, 0.15) is 24.4 Å². The first kappa shape index (κ1) is 16.0. The zero-order chi connectivity index (χ0) is 15.9. The summed E-state index contributed by atoms with van der Waals surface area (Å²) in [6, 6.07) is -1.58. The fraction of sp³-hybridized carbons (Fsp3) is 0.846. The first-order valence-corrected chi connectivity index (χ1v) is 6.95. The number of nitrogens with zero attached hydrogens (tertiary/aromatic N) is 1. The maximum atomic E-state index is 12.5. The molecule has 2 fully saturated rings. The monoisotopic (exact) mass is 302 g/mol. The third kappa shape index (κ3) is 3.28. The standard InChI is InChI=1S/C13H22N2O6/c1-13(2,3)5-6(14-12(19)20)11(18)15-7-4-8(21-15)10(17)9(7)16/h6-10,14,16-17H,4-5H2,1-3H3,(H,19,20)/t6-,7?,8?,9?,10?/m1/s1. The van der Waals surface area contributed by atoms with E-state index >= 15 is 0 Å². The van der Waals surface area contributed by atoms with Gasteiger partial charge in [-0.05, 0) is 11.8 Å². The number of carboxylic acid groups (broad SMARTS) is 1. The number of carbonyl (C=O) groups excluding carboxylic acids is 1. The third-order valence-electron chi connectivity index (χ3n) is 3.78. The van der Waals surface area contributed by atoms with Crippen molar-refractivity contribution in [1.82, 2.24) is 10.4 Å². The fourth-order valence-electron chi connectivity index (χ4n) is 2.86. The number of fused-ring (bicyclic) bond motifs is 2. The molecule has 0 aromatic rings. The molecule has 1 saturated heterocycles. The number of hydroxylamine groups is 2. The molecule has 0 radical (unpaired) electrons. The molecule has 1 saturated carbocycles. The minimum absolute atomic E-state index is 0.264. The highest BCUT2D eigenvalue weighted by Crippen LogP contribution is 2.36. The average molecular weight is 302 g/mol. The number of hydrogen-bond acceptors (Lipinski definition) is 5. The summed E-state index contributed by atoms with van der Waals surface area (Å²) in [7, 11) is 0. The molecule has 2 bridgehead atoms. The van der Waals surface area contributed by atoms with Crippen molar-refractivity contribution in [1.29, 1.82) is 0 Å². The molecule has 8 nitrogen and oxygen atoms in total. The lowest BCUT2D eigenvalue weighted by Gasteiger charge is -2.35. The number of hydrogen-bond donors (Lipinski definition) is 4. The predicted octanol–water partition coefficient (Wildman–Crippen LogP) is -0.305. The molecule has 4 N–H and O–H groups in total. The topological polar surface area (TPSA) is 119 Å². The molecule has 8 heteroatoms. The second-order valence-electron chi connectivity index (χ2n) is 6.86. The Morgan fingerprint density at radius 3 is 2.38 bits per heavy atom. The molecule has 0 aromatic carbocycles. The van der Waals surface area contributed by atoms with Crippen LogP contribution in [0.2, 0.25) is 0 Å². The van der Waals surface area contributed by atoms with Crippen molar-refractivity contribution in [3.05, 3.63) is 0 Å². The van der Waals surface area contributed by atoms with Gasteiger partial charge in [-0.1, -0.05) is 20.8 Å². The highest BCUT2D eigenvalue weighted by molar-refractivity contribution is 5.85. The normalized spacial score (nSPS) is 33.1. The summed E-state index contributed by atoms with van der Waals surface area (Å²) in [5, 5.41) is 31.6. The van der Waals surface area contributed by atoms with Crippen molar-refractivity contribution in [3.63, 3.8) is 0 Å². The van der Waals surface area contributed by atoms with Gasteiger partial charge in [0.25, 0.3) is 5.91 Å². The molecule has 120 valence electrons. The molecule has 1 heterocycles. The molecule has 1 aliphatic carbocycles. The van der Waals surface area contributed by atoms with Crippen LogP contribution in [0.5, 0.6) is 0 Å². The van der Waals surface area contributed by atoms with Gasteiger partial charge in [-0.3, -0.25) is 9.63 Å². The van der Waals surface area contributed by atoms with E-state index in [-0.39, 0.29) is 5.41 Å². The number of nitrogens with one attached hydrogen (secondary N) is 1. The molecule has 5 atom stereocenters. The van der Waals surface area contributed by atoms with E-state index in [0.29, 0.717) is 12.8 Å². The number of aliphatic hydroxyl groups excluding tert-OH is 2. The smallest absolute Gasteiger partial charge is 0.405 e. The molecular weight excluding hydrogens is 280 g/mol. The zero-order valence-electron chi connectivity index (χ0n) is 12.3. The Morgan fingerprint density at radius 2 is 1.95 bits per heavy atom. The Kier molecular flexibility index (Phi) is 4.14. The molecular formula is C13H22N2O6. The van der Waals surface area contributed by atoms with Crippen molar-refractivity contribution in [2.24, 2.45) is 5.41 Å². The Bertz CT molecular complexity index is 433. The quantitative estimate of drug-likeness (QED) is 0.568. The number of amides is 2. The zero-order valence-corrected chi connectivity index (χ0v) is 12.3. The van der Waals surface area contributed by atoms with Gasteiger partial charge in [0, 0.05) is 6.42 Å². The van der Waals surface area contributed by atoms with Crippen molar-refractivity contribution < 1.29 is 29.7 Å². The lowest BCUT2D eigenvalue weighted by Crippen LogP contribution is -2.56. The molecule has 2 amide bonds. The van der Waals surface area contributed by atoms with E-state index < -0.39 is 42.4 Å². The van der Waals surface area contributed by atoms with Crippen LogP contribution in [0.15, 0.2) is 0 Å². The maximum Gasteiger partial charge on any atom is 0.405 e. The van der Waals surface area contributed by atoms with E-state index in [2.05, 4.69) is 5.32 Å². The van der Waals surface area contributed by atoms with E-state index in [9.17, 15) is 19.8 Å². The lowest BCUT2D eigenvalue weighted by atomic mass is 9.87. The summed E-state index contributed by atoms with van der Waals surface area (Å²) in [5.74, 6) is -0.536. The van der Waals surface area contributed by atoms with Crippen LogP contribution in [0.25, 0.3) is 0 Å². The summed E-state index contributed by atoms with van der Waals surface area (Å²) in [5.41, 5.74) is -0.264. The van der Waals surface area contributed by atoms with Crippen LogP contribution in [0.1, 0.15) is 33.6 Å². The molecule has 21 heavy (non-hydrogen) atoms. The largest absolute Gasteiger partial charge is 0.465 e. The van der Waals surface area contributed by atoms with Crippen LogP contribution in [-0.4, -0.2) is 62.8 Å². The van der Waals surface area contributed by atoms with Crippen molar-refractivity contribution in [2.45, 2.75) is 64.0 Å². The minimum atomic E-state index is -1.29. The summed E-state index contributed by atoms with van der Waals surface area (Å²) < 4.78 is 0. The molecule has 4 unspecified atom stereocenters. The summed E-state index contributed by atoms with van der Waals surface area (Å²) in [6.07, 6.45) is -3.32. The van der Waals surface area contributed by atoms with Gasteiger partial charge < -0.3 is 20.6 Å². The van der Waals surface area contributed by atoms with Crippen LogP contribution < -0.4 is 5.32 Å². The van der Waals surface area contributed by atoms with Gasteiger partial charge in [-0.25, -0.2) is 9.86 Å². The molecule has 2 aliphatic rings. The number of carbonyl (C=O) groups is 2. The highest BCUT2D eigenvalue weighted by Gasteiger charge is 2.55. The van der Waals surface area contributed by atoms with Crippen LogP contribution in [0.3, 0.4) is 0 Å². The summed E-state index contributed by atoms with van der Waals surface area (Å²) in [6.45, 7) is 5.69. The molecule has 2 rings (SSSR count). The van der Waals surface area contributed by atoms with Gasteiger partial charge in [0.2, 0.25) is 0 Å². The molecule has 1 aliphatic heterocycles.